The fourth-order valence-corrected chi connectivity index (χ4v) is 2.45. The van der Waals surface area contributed by atoms with Crippen molar-refractivity contribution in [2.24, 2.45) is 0 Å². The molecule has 0 spiro atoms. The van der Waals surface area contributed by atoms with E-state index in [2.05, 4.69) is 40.9 Å². The highest BCUT2D eigenvalue weighted by Crippen LogP contribution is 2.16. The topological polar surface area (TPSA) is 74.5 Å². The number of hydrogen-bond donors (Lipinski definition) is 1. The normalized spacial score (nSPS) is 11.4. The first kappa shape index (κ1) is 14.6. The molecule has 0 unspecified atom stereocenters. The number of rotatable bonds is 7. The molecule has 0 fully saturated rings. The number of nitrogens with zero attached hydrogens (tertiary/aromatic N) is 5. The van der Waals surface area contributed by atoms with Crippen LogP contribution in [0.15, 0.2) is 12.3 Å². The maximum absolute atomic E-state index is 5.86. The summed E-state index contributed by atoms with van der Waals surface area (Å²) in [6.07, 6.45) is 6.16. The van der Waals surface area contributed by atoms with Gasteiger partial charge in [0.1, 0.15) is 0 Å². The highest BCUT2D eigenvalue weighted by Gasteiger charge is 2.12. The van der Waals surface area contributed by atoms with E-state index in [1.807, 2.05) is 16.9 Å². The molecule has 0 aliphatic carbocycles. The highest BCUT2D eigenvalue weighted by molar-refractivity contribution is 5.33. The Balaban J connectivity index is 2.14. The van der Waals surface area contributed by atoms with Gasteiger partial charge >= 0.3 is 0 Å². The number of anilines is 1. The second-order valence-corrected chi connectivity index (χ2v) is 5.09. The van der Waals surface area contributed by atoms with Gasteiger partial charge in [0.2, 0.25) is 0 Å². The van der Waals surface area contributed by atoms with Crippen molar-refractivity contribution in [1.29, 1.82) is 0 Å². The van der Waals surface area contributed by atoms with Crippen LogP contribution in [-0.2, 0) is 13.0 Å². The lowest BCUT2D eigenvalue weighted by molar-refractivity contribution is 0.423. The Hall–Kier alpha value is -1.85. The summed E-state index contributed by atoms with van der Waals surface area (Å²) in [5, 5.41) is 12.7. The van der Waals surface area contributed by atoms with Crippen LogP contribution in [0.4, 0.5) is 5.82 Å². The Morgan fingerprint density at radius 1 is 1.25 bits per heavy atom. The smallest absolute Gasteiger partial charge is 0.169 e. The molecule has 6 nitrogen and oxygen atoms in total. The molecule has 2 rings (SSSR count). The molecule has 2 heterocycles. The van der Waals surface area contributed by atoms with Crippen LogP contribution in [0.2, 0.25) is 0 Å². The lowest BCUT2D eigenvalue weighted by Crippen LogP contribution is -2.11. The van der Waals surface area contributed by atoms with Crippen LogP contribution in [0.3, 0.4) is 0 Å². The summed E-state index contributed by atoms with van der Waals surface area (Å²) in [6, 6.07) is 2.52. The third kappa shape index (κ3) is 3.00. The molecule has 0 aliphatic heterocycles. The first-order valence-electron chi connectivity index (χ1n) is 7.41. The molecule has 0 atom stereocenters. The zero-order valence-electron chi connectivity index (χ0n) is 12.6. The Labute approximate surface area is 120 Å². The van der Waals surface area contributed by atoms with Gasteiger partial charge in [0.05, 0.1) is 24.0 Å². The van der Waals surface area contributed by atoms with E-state index in [0.29, 0.717) is 18.4 Å². The summed E-state index contributed by atoms with van der Waals surface area (Å²) >= 11 is 0. The van der Waals surface area contributed by atoms with Crippen LogP contribution in [0.25, 0.3) is 0 Å². The van der Waals surface area contributed by atoms with Crippen molar-refractivity contribution < 1.29 is 0 Å². The predicted molar refractivity (Wildman–Crippen MR) is 79.4 cm³/mol. The Bertz CT molecular complexity index is 538. The minimum Gasteiger partial charge on any atom is -0.381 e. The van der Waals surface area contributed by atoms with E-state index in [4.69, 9.17) is 5.73 Å². The highest BCUT2D eigenvalue weighted by atomic mass is 15.4. The Morgan fingerprint density at radius 2 is 2.00 bits per heavy atom. The lowest BCUT2D eigenvalue weighted by Gasteiger charge is -2.12. The van der Waals surface area contributed by atoms with Crippen LogP contribution in [0.5, 0.6) is 0 Å². The zero-order valence-corrected chi connectivity index (χ0v) is 12.6. The average Bonchev–Trinajstić information content (AvgIpc) is 3.03. The molecule has 0 saturated carbocycles. The first-order chi connectivity index (χ1) is 9.69. The molecular weight excluding hydrogens is 252 g/mol. The largest absolute Gasteiger partial charge is 0.381 e. The molecule has 2 aromatic rings. The first-order valence-corrected chi connectivity index (χ1v) is 7.41. The number of aromatic nitrogens is 5. The summed E-state index contributed by atoms with van der Waals surface area (Å²) in [5.74, 6) is 0.534. The van der Waals surface area contributed by atoms with Gasteiger partial charge in [-0.25, -0.2) is 4.68 Å². The molecule has 0 aromatic carbocycles. The van der Waals surface area contributed by atoms with E-state index in [1.165, 1.54) is 0 Å². The van der Waals surface area contributed by atoms with Gasteiger partial charge in [0.15, 0.2) is 5.82 Å². The quantitative estimate of drug-likeness (QED) is 0.842. The van der Waals surface area contributed by atoms with E-state index in [-0.39, 0.29) is 0 Å². The maximum atomic E-state index is 5.86. The van der Waals surface area contributed by atoms with Gasteiger partial charge in [0, 0.05) is 6.20 Å². The molecular formula is C14H24N6. The molecule has 110 valence electrons. The van der Waals surface area contributed by atoms with E-state index < -0.39 is 0 Å². The molecule has 2 aromatic heterocycles. The molecule has 0 radical (unpaired) electrons. The van der Waals surface area contributed by atoms with Gasteiger partial charge in [-0.15, -0.1) is 5.10 Å². The molecule has 20 heavy (non-hydrogen) atoms. The number of nitrogens with two attached hydrogens (primary N) is 1. The van der Waals surface area contributed by atoms with Crippen LogP contribution in [-0.4, -0.2) is 24.8 Å². The Morgan fingerprint density at radius 3 is 2.65 bits per heavy atom. The van der Waals surface area contributed by atoms with Gasteiger partial charge in [-0.05, 0) is 25.3 Å². The van der Waals surface area contributed by atoms with Gasteiger partial charge in [0.25, 0.3) is 0 Å². The van der Waals surface area contributed by atoms with Gasteiger partial charge < -0.3 is 5.73 Å². The van der Waals surface area contributed by atoms with Crippen LogP contribution in [0, 0.1) is 0 Å². The van der Waals surface area contributed by atoms with Crippen molar-refractivity contribution >= 4 is 5.82 Å². The van der Waals surface area contributed by atoms with Crippen molar-refractivity contribution in [3.8, 4) is 0 Å². The summed E-state index contributed by atoms with van der Waals surface area (Å²) in [5.41, 5.74) is 7.86. The standard InChI is InChI=1S/C14H24N6/c1-4-7-13-14(15)16-18-20(13)10-11-8-9-19(17-11)12(5-2)6-3/h8-9,12H,4-7,10,15H2,1-3H3. The molecule has 0 aliphatic rings. The maximum Gasteiger partial charge on any atom is 0.169 e. The van der Waals surface area contributed by atoms with Crippen molar-refractivity contribution in [3.63, 3.8) is 0 Å². The monoisotopic (exact) mass is 276 g/mol. The number of hydrogen-bond acceptors (Lipinski definition) is 4. The van der Waals surface area contributed by atoms with Crippen molar-refractivity contribution in [3.05, 3.63) is 23.7 Å². The van der Waals surface area contributed by atoms with E-state index >= 15 is 0 Å². The Kier molecular flexibility index (Phi) is 4.76. The third-order valence-corrected chi connectivity index (χ3v) is 3.65. The van der Waals surface area contributed by atoms with Crippen LogP contribution < -0.4 is 5.73 Å². The fourth-order valence-electron chi connectivity index (χ4n) is 2.45. The zero-order chi connectivity index (χ0) is 14.5. The second-order valence-electron chi connectivity index (χ2n) is 5.09. The lowest BCUT2D eigenvalue weighted by atomic mass is 10.2. The fraction of sp³-hybridized carbons (Fsp3) is 0.643. The summed E-state index contributed by atoms with van der Waals surface area (Å²) in [4.78, 5) is 0. The minimum atomic E-state index is 0.472. The predicted octanol–water partition coefficient (Wildman–Crippen LogP) is 2.42. The van der Waals surface area contributed by atoms with Crippen LogP contribution >= 0.6 is 0 Å². The van der Waals surface area contributed by atoms with Gasteiger partial charge in [-0.1, -0.05) is 32.4 Å². The van der Waals surface area contributed by atoms with Crippen molar-refractivity contribution in [2.75, 3.05) is 5.73 Å². The molecule has 0 bridgehead atoms. The summed E-state index contributed by atoms with van der Waals surface area (Å²) in [6.45, 7) is 7.13. The minimum absolute atomic E-state index is 0.472. The van der Waals surface area contributed by atoms with Gasteiger partial charge in [-0.3, -0.25) is 4.68 Å². The SMILES string of the molecule is CCCc1c(N)nnn1Cc1ccn(C(CC)CC)n1. The summed E-state index contributed by atoms with van der Waals surface area (Å²) < 4.78 is 3.91. The number of nitrogen functional groups attached to an aromatic ring is 1. The molecule has 6 heteroatoms. The van der Waals surface area contributed by atoms with Crippen LogP contribution in [0.1, 0.15) is 57.5 Å². The van der Waals surface area contributed by atoms with Gasteiger partial charge in [-0.2, -0.15) is 5.10 Å². The van der Waals surface area contributed by atoms with E-state index in [0.717, 1.165) is 37.1 Å². The van der Waals surface area contributed by atoms with E-state index in [1.54, 1.807) is 0 Å². The third-order valence-electron chi connectivity index (χ3n) is 3.65. The molecule has 2 N–H and O–H groups in total. The van der Waals surface area contributed by atoms with E-state index in [9.17, 15) is 0 Å². The average molecular weight is 276 g/mol. The molecule has 0 saturated heterocycles. The summed E-state index contributed by atoms with van der Waals surface area (Å²) in [7, 11) is 0. The second kappa shape index (κ2) is 6.54. The molecule has 0 amide bonds. The van der Waals surface area contributed by atoms with Crippen molar-refractivity contribution in [1.82, 2.24) is 24.8 Å². The van der Waals surface area contributed by atoms with Crippen molar-refractivity contribution in [2.45, 2.75) is 59.0 Å².